The lowest BCUT2D eigenvalue weighted by molar-refractivity contribution is -0.143. The lowest BCUT2D eigenvalue weighted by Crippen LogP contribution is -2.37. The quantitative estimate of drug-likeness (QED) is 0.219. The molecule has 0 saturated carbocycles. The molecule has 0 aliphatic carbocycles. The van der Waals surface area contributed by atoms with E-state index in [2.05, 4.69) is 25.8 Å². The smallest absolute Gasteiger partial charge is 0.305 e. The van der Waals surface area contributed by atoms with E-state index in [1.807, 2.05) is 28.8 Å². The Bertz CT molecular complexity index is 673. The van der Waals surface area contributed by atoms with E-state index in [1.54, 1.807) is 14.0 Å². The number of hydrogen-bond acceptors (Lipinski definition) is 5. The van der Waals surface area contributed by atoms with Gasteiger partial charge < -0.3 is 15.4 Å². The molecule has 2 N–H and O–H groups in total. The van der Waals surface area contributed by atoms with Crippen molar-refractivity contribution in [1.82, 2.24) is 25.2 Å². The van der Waals surface area contributed by atoms with Gasteiger partial charge in [-0.1, -0.05) is 6.07 Å². The molecule has 0 fully saturated rings. The van der Waals surface area contributed by atoms with Crippen molar-refractivity contribution in [2.45, 2.75) is 26.3 Å². The molecule has 0 aromatic carbocycles. The first-order valence-electron chi connectivity index (χ1n) is 7.63. The van der Waals surface area contributed by atoms with E-state index >= 15 is 0 Å². The normalized spacial score (nSPS) is 11.0. The van der Waals surface area contributed by atoms with Gasteiger partial charge in [0.1, 0.15) is 0 Å². The van der Waals surface area contributed by atoms with Crippen molar-refractivity contribution in [3.05, 3.63) is 30.2 Å². The average molecular weight is 446 g/mol. The summed E-state index contributed by atoms with van der Waals surface area (Å²) in [5.74, 6) is 1.28. The van der Waals surface area contributed by atoms with Gasteiger partial charge in [-0.15, -0.1) is 34.2 Å². The molecule has 0 aliphatic heterocycles. The minimum Gasteiger partial charge on any atom is -0.466 e. The zero-order valence-electron chi connectivity index (χ0n) is 13.9. The predicted octanol–water partition coefficient (Wildman–Crippen LogP) is 1.36. The van der Waals surface area contributed by atoms with Crippen molar-refractivity contribution in [1.29, 1.82) is 0 Å². The van der Waals surface area contributed by atoms with Crippen molar-refractivity contribution in [3.8, 4) is 0 Å². The summed E-state index contributed by atoms with van der Waals surface area (Å²) in [5.41, 5.74) is 0.807. The van der Waals surface area contributed by atoms with Crippen LogP contribution in [0.4, 0.5) is 0 Å². The number of nitrogens with one attached hydrogen (secondary N) is 2. The van der Waals surface area contributed by atoms with Crippen LogP contribution in [0.3, 0.4) is 0 Å². The van der Waals surface area contributed by atoms with E-state index in [4.69, 9.17) is 4.74 Å². The fourth-order valence-corrected chi connectivity index (χ4v) is 2.07. The highest BCUT2D eigenvalue weighted by atomic mass is 127. The van der Waals surface area contributed by atoms with Crippen LogP contribution in [0, 0.1) is 0 Å². The molecule has 24 heavy (non-hydrogen) atoms. The zero-order chi connectivity index (χ0) is 16.5. The van der Waals surface area contributed by atoms with Gasteiger partial charge >= 0.3 is 5.97 Å². The fourth-order valence-electron chi connectivity index (χ4n) is 2.07. The number of carbonyl (C=O) groups is 1. The van der Waals surface area contributed by atoms with E-state index in [-0.39, 0.29) is 29.9 Å². The number of rotatable bonds is 7. The van der Waals surface area contributed by atoms with Crippen LogP contribution in [-0.2, 0) is 16.1 Å². The Morgan fingerprint density at radius 2 is 2.17 bits per heavy atom. The molecule has 8 nitrogen and oxygen atoms in total. The van der Waals surface area contributed by atoms with Crippen LogP contribution in [0.1, 0.15) is 25.6 Å². The summed E-state index contributed by atoms with van der Waals surface area (Å²) >= 11 is 0. The van der Waals surface area contributed by atoms with Crippen molar-refractivity contribution in [3.63, 3.8) is 0 Å². The Hall–Kier alpha value is -1.91. The zero-order valence-corrected chi connectivity index (χ0v) is 16.2. The molecular weight excluding hydrogens is 423 g/mol. The van der Waals surface area contributed by atoms with Crippen molar-refractivity contribution in [2.24, 2.45) is 4.99 Å². The molecule has 2 rings (SSSR count). The molecule has 0 aliphatic rings. The minimum atomic E-state index is -0.174. The molecule has 0 atom stereocenters. The maximum absolute atomic E-state index is 11.2. The number of aliphatic imine (C=N–C) groups is 1. The number of halogens is 1. The van der Waals surface area contributed by atoms with Crippen LogP contribution < -0.4 is 10.6 Å². The van der Waals surface area contributed by atoms with Crippen LogP contribution in [-0.4, -0.2) is 46.7 Å². The molecule has 9 heteroatoms. The second kappa shape index (κ2) is 10.8. The lowest BCUT2D eigenvalue weighted by atomic mass is 10.3. The molecule has 2 aromatic rings. The van der Waals surface area contributed by atoms with Crippen molar-refractivity contribution < 1.29 is 9.53 Å². The second-order valence-corrected chi connectivity index (χ2v) is 4.81. The highest BCUT2D eigenvalue weighted by molar-refractivity contribution is 14.0. The molecule has 0 unspecified atom stereocenters. The number of aromatic nitrogens is 3. The summed E-state index contributed by atoms with van der Waals surface area (Å²) in [5, 5.41) is 14.6. The highest BCUT2D eigenvalue weighted by Gasteiger charge is 2.06. The van der Waals surface area contributed by atoms with Gasteiger partial charge in [0.15, 0.2) is 17.4 Å². The molecule has 132 valence electrons. The fraction of sp³-hybridized carbons (Fsp3) is 0.467. The SMILES string of the molecule is CCOC(=O)CCCNC(=NC)NCc1nnc2ccccn12.I. The second-order valence-electron chi connectivity index (χ2n) is 4.81. The van der Waals surface area contributed by atoms with Crippen LogP contribution in [0.2, 0.25) is 0 Å². The van der Waals surface area contributed by atoms with Crippen LogP contribution in [0.5, 0.6) is 0 Å². The summed E-state index contributed by atoms with van der Waals surface area (Å²) in [7, 11) is 1.70. The van der Waals surface area contributed by atoms with Gasteiger partial charge in [-0.3, -0.25) is 14.2 Å². The first-order valence-corrected chi connectivity index (χ1v) is 7.63. The maximum atomic E-state index is 11.2. The number of fused-ring (bicyclic) bond motifs is 1. The Kier molecular flexibility index (Phi) is 9.05. The summed E-state index contributed by atoms with van der Waals surface area (Å²) in [4.78, 5) is 15.4. The minimum absolute atomic E-state index is 0. The van der Waals surface area contributed by atoms with Gasteiger partial charge in [-0.05, 0) is 25.5 Å². The summed E-state index contributed by atoms with van der Waals surface area (Å²) < 4.78 is 6.80. The molecule has 2 aromatic heterocycles. The third kappa shape index (κ3) is 5.95. The number of nitrogens with zero attached hydrogens (tertiary/aromatic N) is 4. The molecule has 0 bridgehead atoms. The Morgan fingerprint density at radius 1 is 1.33 bits per heavy atom. The molecule has 0 spiro atoms. The van der Waals surface area contributed by atoms with Crippen LogP contribution in [0.15, 0.2) is 29.4 Å². The van der Waals surface area contributed by atoms with Gasteiger partial charge in [0.2, 0.25) is 0 Å². The van der Waals surface area contributed by atoms with Crippen molar-refractivity contribution in [2.75, 3.05) is 20.2 Å². The standard InChI is InChI=1S/C15H22N6O2.HI/c1-3-23-14(22)8-6-9-17-15(16-2)18-11-13-20-19-12-7-4-5-10-21(12)13;/h4-5,7,10H,3,6,8-9,11H2,1-2H3,(H2,16,17,18);1H. The largest absolute Gasteiger partial charge is 0.466 e. The third-order valence-electron chi connectivity index (χ3n) is 3.18. The topological polar surface area (TPSA) is 92.9 Å². The number of hydrogen-bond donors (Lipinski definition) is 2. The van der Waals surface area contributed by atoms with E-state index in [0.717, 1.165) is 11.5 Å². The number of ether oxygens (including phenoxy) is 1. The van der Waals surface area contributed by atoms with E-state index in [0.29, 0.717) is 38.5 Å². The monoisotopic (exact) mass is 446 g/mol. The van der Waals surface area contributed by atoms with Crippen LogP contribution in [0.25, 0.3) is 5.65 Å². The van der Waals surface area contributed by atoms with Crippen molar-refractivity contribution >= 4 is 41.6 Å². The third-order valence-corrected chi connectivity index (χ3v) is 3.18. The molecule has 0 radical (unpaired) electrons. The van der Waals surface area contributed by atoms with Crippen LogP contribution >= 0.6 is 24.0 Å². The van der Waals surface area contributed by atoms with Gasteiger partial charge in [-0.25, -0.2) is 0 Å². The van der Waals surface area contributed by atoms with Gasteiger partial charge in [-0.2, -0.15) is 0 Å². The number of carbonyl (C=O) groups excluding carboxylic acids is 1. The number of pyridine rings is 1. The first-order chi connectivity index (χ1) is 11.2. The molecule has 0 saturated heterocycles. The van der Waals surface area contributed by atoms with E-state index < -0.39 is 0 Å². The van der Waals surface area contributed by atoms with E-state index in [1.165, 1.54) is 0 Å². The Balaban J connectivity index is 0.00000288. The Morgan fingerprint density at radius 3 is 2.92 bits per heavy atom. The van der Waals surface area contributed by atoms with E-state index in [9.17, 15) is 4.79 Å². The summed E-state index contributed by atoms with van der Waals surface area (Å²) in [6.45, 7) is 3.36. The van der Waals surface area contributed by atoms with Gasteiger partial charge in [0, 0.05) is 26.2 Å². The first kappa shape index (κ1) is 20.1. The predicted molar refractivity (Wildman–Crippen MR) is 102 cm³/mol. The molecular formula is C15H23IN6O2. The highest BCUT2D eigenvalue weighted by Crippen LogP contribution is 2.02. The lowest BCUT2D eigenvalue weighted by Gasteiger charge is -2.11. The Labute approximate surface area is 158 Å². The summed E-state index contributed by atoms with van der Waals surface area (Å²) in [6, 6.07) is 5.76. The average Bonchev–Trinajstić information content (AvgIpc) is 2.98. The number of esters is 1. The molecule has 0 amide bonds. The molecule has 2 heterocycles. The van der Waals surface area contributed by atoms with Gasteiger partial charge in [0.05, 0.1) is 13.2 Å². The maximum Gasteiger partial charge on any atom is 0.305 e. The van der Waals surface area contributed by atoms with Gasteiger partial charge in [0.25, 0.3) is 0 Å². The number of guanidine groups is 1. The summed E-state index contributed by atoms with van der Waals surface area (Å²) in [6.07, 6.45) is 3.00.